The maximum atomic E-state index is 5.87. The Bertz CT molecular complexity index is 408. The minimum Gasteiger partial charge on any atom is -0.345 e. The molecule has 1 fully saturated rings. The zero-order valence-electron chi connectivity index (χ0n) is 12.6. The molecule has 1 aromatic heterocycles. The molecule has 1 heterocycles. The third-order valence-electron chi connectivity index (χ3n) is 3.63. The third-order valence-corrected chi connectivity index (χ3v) is 4.76. The van der Waals surface area contributed by atoms with E-state index in [0.717, 1.165) is 18.5 Å². The van der Waals surface area contributed by atoms with Gasteiger partial charge in [0.25, 0.3) is 0 Å². The molecule has 2 N–H and O–H groups in total. The van der Waals surface area contributed by atoms with Crippen LogP contribution in [0.3, 0.4) is 0 Å². The summed E-state index contributed by atoms with van der Waals surface area (Å²) < 4.78 is 0. The Labute approximate surface area is 121 Å². The number of rotatable bonds is 7. The van der Waals surface area contributed by atoms with Crippen molar-refractivity contribution in [3.05, 3.63) is 10.6 Å². The van der Waals surface area contributed by atoms with Gasteiger partial charge in [0.1, 0.15) is 0 Å². The van der Waals surface area contributed by atoms with Crippen molar-refractivity contribution in [1.29, 1.82) is 0 Å². The van der Waals surface area contributed by atoms with Crippen LogP contribution in [0.2, 0.25) is 0 Å². The van der Waals surface area contributed by atoms with E-state index in [-0.39, 0.29) is 0 Å². The molecule has 0 saturated heterocycles. The first-order chi connectivity index (χ1) is 9.02. The van der Waals surface area contributed by atoms with Crippen LogP contribution in [0.5, 0.6) is 0 Å². The molecule has 0 atom stereocenters. The lowest BCUT2D eigenvalue weighted by Gasteiger charge is -2.22. The molecule has 0 unspecified atom stereocenters. The van der Waals surface area contributed by atoms with Gasteiger partial charge in [-0.1, -0.05) is 27.7 Å². The van der Waals surface area contributed by atoms with Crippen LogP contribution in [0.15, 0.2) is 0 Å². The summed E-state index contributed by atoms with van der Waals surface area (Å²) >= 11 is 1.81. The van der Waals surface area contributed by atoms with Gasteiger partial charge in [-0.25, -0.2) is 4.98 Å². The molecule has 3 nitrogen and oxygen atoms in total. The normalized spacial score (nSPS) is 15.5. The van der Waals surface area contributed by atoms with Gasteiger partial charge in [-0.2, -0.15) is 0 Å². The molecule has 1 aliphatic rings. The minimum absolute atomic E-state index is 0.467. The number of nitrogens with two attached hydrogens (primary N) is 1. The zero-order chi connectivity index (χ0) is 14.0. The van der Waals surface area contributed by atoms with Gasteiger partial charge in [0, 0.05) is 24.0 Å². The molecule has 1 aliphatic carbocycles. The highest BCUT2D eigenvalue weighted by atomic mass is 32.1. The predicted molar refractivity (Wildman–Crippen MR) is 83.9 cm³/mol. The van der Waals surface area contributed by atoms with Crippen LogP contribution in [0.25, 0.3) is 0 Å². The number of hydrogen-bond acceptors (Lipinski definition) is 4. The predicted octanol–water partition coefficient (Wildman–Crippen LogP) is 3.74. The fourth-order valence-corrected chi connectivity index (χ4v) is 3.48. The highest BCUT2D eigenvalue weighted by Crippen LogP contribution is 2.37. The smallest absolute Gasteiger partial charge is 0.186 e. The summed E-state index contributed by atoms with van der Waals surface area (Å²) in [7, 11) is 0. The molecular formula is C15H27N3S. The standard InChI is InChI=1S/C15H27N3S/c1-10(2)7-8-18(12-5-6-12)15-17-14(11(3)4)13(9-16)19-15/h10-12H,5-9,16H2,1-4H3. The van der Waals surface area contributed by atoms with E-state index in [1.54, 1.807) is 11.3 Å². The average Bonchev–Trinajstić information content (AvgIpc) is 3.07. The number of thiazole rings is 1. The molecule has 1 aromatic rings. The Morgan fingerprint density at radius 1 is 1.32 bits per heavy atom. The highest BCUT2D eigenvalue weighted by Gasteiger charge is 2.31. The molecule has 0 aliphatic heterocycles. The van der Waals surface area contributed by atoms with Gasteiger partial charge in [-0.05, 0) is 31.1 Å². The van der Waals surface area contributed by atoms with Gasteiger partial charge in [0.15, 0.2) is 5.13 Å². The fourth-order valence-electron chi connectivity index (χ4n) is 2.29. The van der Waals surface area contributed by atoms with E-state index in [1.807, 2.05) is 0 Å². The van der Waals surface area contributed by atoms with Crippen LogP contribution in [0.4, 0.5) is 5.13 Å². The first-order valence-electron chi connectivity index (χ1n) is 7.49. The number of aromatic nitrogens is 1. The first kappa shape index (κ1) is 14.8. The topological polar surface area (TPSA) is 42.2 Å². The maximum Gasteiger partial charge on any atom is 0.186 e. The van der Waals surface area contributed by atoms with Gasteiger partial charge < -0.3 is 10.6 Å². The summed E-state index contributed by atoms with van der Waals surface area (Å²) in [5.41, 5.74) is 7.07. The molecule has 4 heteroatoms. The molecule has 0 bridgehead atoms. The van der Waals surface area contributed by atoms with Crippen molar-refractivity contribution in [2.45, 2.75) is 65.5 Å². The van der Waals surface area contributed by atoms with Crippen LogP contribution in [0.1, 0.15) is 63.4 Å². The Hall–Kier alpha value is -0.610. The molecule has 0 aromatic carbocycles. The summed E-state index contributed by atoms with van der Waals surface area (Å²) in [5.74, 6) is 1.22. The van der Waals surface area contributed by atoms with E-state index in [0.29, 0.717) is 12.5 Å². The quantitative estimate of drug-likeness (QED) is 0.828. The van der Waals surface area contributed by atoms with Crippen molar-refractivity contribution in [1.82, 2.24) is 4.98 Å². The van der Waals surface area contributed by atoms with Crippen molar-refractivity contribution in [2.24, 2.45) is 11.7 Å². The van der Waals surface area contributed by atoms with Crippen LogP contribution in [-0.2, 0) is 6.54 Å². The Morgan fingerprint density at radius 2 is 2.00 bits per heavy atom. The summed E-state index contributed by atoms with van der Waals surface area (Å²) in [6.07, 6.45) is 3.89. The monoisotopic (exact) mass is 281 g/mol. The Kier molecular flexibility index (Phi) is 4.85. The van der Waals surface area contributed by atoms with Crippen LogP contribution < -0.4 is 10.6 Å². The SMILES string of the molecule is CC(C)CCN(c1nc(C(C)C)c(CN)s1)C1CC1. The van der Waals surface area contributed by atoms with Crippen LogP contribution in [-0.4, -0.2) is 17.6 Å². The lowest BCUT2D eigenvalue weighted by Crippen LogP contribution is -2.27. The molecule has 0 amide bonds. The summed E-state index contributed by atoms with van der Waals surface area (Å²) in [5, 5.41) is 1.20. The lowest BCUT2D eigenvalue weighted by molar-refractivity contribution is 0.570. The lowest BCUT2D eigenvalue weighted by atomic mass is 10.1. The minimum atomic E-state index is 0.467. The van der Waals surface area contributed by atoms with Crippen molar-refractivity contribution in [2.75, 3.05) is 11.4 Å². The molecular weight excluding hydrogens is 254 g/mol. The zero-order valence-corrected chi connectivity index (χ0v) is 13.5. The Balaban J connectivity index is 2.16. The first-order valence-corrected chi connectivity index (χ1v) is 8.30. The van der Waals surface area contributed by atoms with Crippen molar-refractivity contribution in [3.8, 4) is 0 Å². The summed E-state index contributed by atoms with van der Waals surface area (Å²) in [6.45, 7) is 10.7. The van der Waals surface area contributed by atoms with E-state index in [4.69, 9.17) is 10.7 Å². The molecule has 0 spiro atoms. The second-order valence-corrected chi connectivity index (χ2v) is 7.33. The van der Waals surface area contributed by atoms with Gasteiger partial charge in [-0.15, -0.1) is 11.3 Å². The number of nitrogens with zero attached hydrogens (tertiary/aromatic N) is 2. The van der Waals surface area contributed by atoms with E-state index in [9.17, 15) is 0 Å². The van der Waals surface area contributed by atoms with Crippen molar-refractivity contribution >= 4 is 16.5 Å². The van der Waals surface area contributed by atoms with Crippen molar-refractivity contribution in [3.63, 3.8) is 0 Å². The fraction of sp³-hybridized carbons (Fsp3) is 0.800. The van der Waals surface area contributed by atoms with Crippen molar-refractivity contribution < 1.29 is 0 Å². The maximum absolute atomic E-state index is 5.87. The third kappa shape index (κ3) is 3.69. The Morgan fingerprint density at radius 3 is 2.42 bits per heavy atom. The molecule has 1 saturated carbocycles. The van der Waals surface area contributed by atoms with Crippen LogP contribution in [0, 0.1) is 5.92 Å². The molecule has 108 valence electrons. The van der Waals surface area contributed by atoms with E-state index in [2.05, 4.69) is 32.6 Å². The molecule has 0 radical (unpaired) electrons. The second kappa shape index (κ2) is 6.23. The summed E-state index contributed by atoms with van der Waals surface area (Å²) in [6, 6.07) is 0.732. The molecule has 2 rings (SSSR count). The number of anilines is 1. The van der Waals surface area contributed by atoms with E-state index in [1.165, 1.54) is 35.0 Å². The van der Waals surface area contributed by atoms with E-state index < -0.39 is 0 Å². The number of hydrogen-bond donors (Lipinski definition) is 1. The summed E-state index contributed by atoms with van der Waals surface area (Å²) in [4.78, 5) is 8.67. The second-order valence-electron chi connectivity index (χ2n) is 6.27. The molecule has 19 heavy (non-hydrogen) atoms. The average molecular weight is 281 g/mol. The van der Waals surface area contributed by atoms with Gasteiger partial charge in [0.2, 0.25) is 0 Å². The van der Waals surface area contributed by atoms with Gasteiger partial charge in [0.05, 0.1) is 5.69 Å². The van der Waals surface area contributed by atoms with E-state index >= 15 is 0 Å². The largest absolute Gasteiger partial charge is 0.345 e. The van der Waals surface area contributed by atoms with Crippen LogP contribution >= 0.6 is 11.3 Å². The van der Waals surface area contributed by atoms with Gasteiger partial charge >= 0.3 is 0 Å². The van der Waals surface area contributed by atoms with Gasteiger partial charge in [-0.3, -0.25) is 0 Å². The highest BCUT2D eigenvalue weighted by molar-refractivity contribution is 7.15.